The molecule has 0 aromatic heterocycles. The lowest BCUT2D eigenvalue weighted by Crippen LogP contribution is -2.42. The minimum Gasteiger partial charge on any atom is -0.467 e. The van der Waals surface area contributed by atoms with E-state index in [4.69, 9.17) is 4.74 Å². The topological polar surface area (TPSA) is 55.8 Å². The van der Waals surface area contributed by atoms with E-state index in [2.05, 4.69) is 4.74 Å². The normalized spacial score (nSPS) is 20.2. The van der Waals surface area contributed by atoms with Gasteiger partial charge in [0.25, 0.3) is 0 Å². The zero-order valence-corrected chi connectivity index (χ0v) is 11.0. The zero-order chi connectivity index (χ0) is 13.1. The molecule has 1 atom stereocenters. The molecule has 0 radical (unpaired) electrons. The number of nitrogens with zero attached hydrogens (tertiary/aromatic N) is 1. The number of hydrogen-bond donors (Lipinski definition) is 0. The zero-order valence-electron chi connectivity index (χ0n) is 11.0. The van der Waals surface area contributed by atoms with Crippen LogP contribution in [0.4, 0.5) is 4.79 Å². The van der Waals surface area contributed by atoms with E-state index < -0.39 is 12.1 Å². The predicted octanol–water partition coefficient (Wildman–Crippen LogP) is 1.81. The van der Waals surface area contributed by atoms with Gasteiger partial charge in [-0.15, -0.1) is 0 Å². The monoisotopic (exact) mass is 243 g/mol. The molecule has 0 aromatic carbocycles. The SMILES string of the molecule is COC(=O)[C@@H]1CCCN1C(=O)OCC(C)(C)C. The smallest absolute Gasteiger partial charge is 0.410 e. The Morgan fingerprint density at radius 3 is 2.53 bits per heavy atom. The highest BCUT2D eigenvalue weighted by Gasteiger charge is 2.36. The molecule has 1 aliphatic rings. The van der Waals surface area contributed by atoms with Crippen molar-refractivity contribution < 1.29 is 19.1 Å². The lowest BCUT2D eigenvalue weighted by molar-refractivity contribution is -0.145. The number of methoxy groups -OCH3 is 1. The number of esters is 1. The first-order chi connectivity index (χ1) is 7.85. The number of rotatable bonds is 2. The summed E-state index contributed by atoms with van der Waals surface area (Å²) < 4.78 is 9.87. The Bertz CT molecular complexity index is 295. The second kappa shape index (κ2) is 5.38. The molecule has 0 saturated carbocycles. The van der Waals surface area contributed by atoms with Gasteiger partial charge < -0.3 is 9.47 Å². The summed E-state index contributed by atoms with van der Waals surface area (Å²) in [5.74, 6) is -0.366. The van der Waals surface area contributed by atoms with Crippen LogP contribution in [0.1, 0.15) is 33.6 Å². The summed E-state index contributed by atoms with van der Waals surface area (Å²) in [5, 5.41) is 0. The fourth-order valence-electron chi connectivity index (χ4n) is 1.73. The summed E-state index contributed by atoms with van der Waals surface area (Å²) in [6.07, 6.45) is 1.04. The maximum absolute atomic E-state index is 11.8. The van der Waals surface area contributed by atoms with Gasteiger partial charge in [0, 0.05) is 6.54 Å². The summed E-state index contributed by atoms with van der Waals surface area (Å²) in [6, 6.07) is -0.479. The van der Waals surface area contributed by atoms with Gasteiger partial charge in [-0.05, 0) is 18.3 Å². The third-order valence-corrected chi connectivity index (χ3v) is 2.59. The van der Waals surface area contributed by atoms with Gasteiger partial charge in [-0.1, -0.05) is 20.8 Å². The van der Waals surface area contributed by atoms with Crippen LogP contribution in [0.5, 0.6) is 0 Å². The standard InChI is InChI=1S/C12H21NO4/c1-12(2,3)8-17-11(15)13-7-5-6-9(13)10(14)16-4/h9H,5-8H2,1-4H3/t9-/m0/s1. The molecule has 0 bridgehead atoms. The minimum atomic E-state index is -0.479. The van der Waals surface area contributed by atoms with E-state index in [9.17, 15) is 9.59 Å². The fourth-order valence-corrected chi connectivity index (χ4v) is 1.73. The maximum Gasteiger partial charge on any atom is 0.410 e. The number of amides is 1. The molecule has 98 valence electrons. The van der Waals surface area contributed by atoms with Crippen LogP contribution in [0, 0.1) is 5.41 Å². The molecule has 1 fully saturated rings. The van der Waals surface area contributed by atoms with Crippen LogP contribution in [0.15, 0.2) is 0 Å². The molecule has 0 aliphatic carbocycles. The fraction of sp³-hybridized carbons (Fsp3) is 0.833. The Hall–Kier alpha value is -1.26. The van der Waals surface area contributed by atoms with Crippen molar-refractivity contribution in [3.05, 3.63) is 0 Å². The number of carbonyl (C=O) groups excluding carboxylic acids is 2. The molecule has 0 spiro atoms. The van der Waals surface area contributed by atoms with E-state index in [0.717, 1.165) is 6.42 Å². The second-order valence-corrected chi connectivity index (χ2v) is 5.49. The van der Waals surface area contributed by atoms with E-state index in [1.54, 1.807) is 0 Å². The number of carbonyl (C=O) groups is 2. The molecule has 0 aromatic rings. The molecular formula is C12H21NO4. The van der Waals surface area contributed by atoms with Crippen molar-refractivity contribution >= 4 is 12.1 Å². The van der Waals surface area contributed by atoms with Crippen molar-refractivity contribution in [2.45, 2.75) is 39.7 Å². The Labute approximate surface area is 102 Å². The molecular weight excluding hydrogens is 222 g/mol. The summed E-state index contributed by atoms with van der Waals surface area (Å²) >= 11 is 0. The van der Waals surface area contributed by atoms with Crippen molar-refractivity contribution in [2.75, 3.05) is 20.3 Å². The molecule has 0 N–H and O–H groups in total. The van der Waals surface area contributed by atoms with Gasteiger partial charge in [-0.2, -0.15) is 0 Å². The van der Waals surface area contributed by atoms with Gasteiger partial charge in [0.2, 0.25) is 0 Å². The molecule has 1 saturated heterocycles. The van der Waals surface area contributed by atoms with Crippen LogP contribution in [0.2, 0.25) is 0 Å². The van der Waals surface area contributed by atoms with Gasteiger partial charge in [-0.3, -0.25) is 4.90 Å². The molecule has 5 nitrogen and oxygen atoms in total. The average molecular weight is 243 g/mol. The van der Waals surface area contributed by atoms with E-state index in [1.807, 2.05) is 20.8 Å². The van der Waals surface area contributed by atoms with E-state index in [-0.39, 0.29) is 11.4 Å². The summed E-state index contributed by atoms with van der Waals surface area (Å²) in [5.41, 5.74) is -0.0733. The summed E-state index contributed by atoms with van der Waals surface area (Å²) in [7, 11) is 1.33. The highest BCUT2D eigenvalue weighted by Crippen LogP contribution is 2.21. The molecule has 1 amide bonds. The first kappa shape index (κ1) is 13.8. The predicted molar refractivity (Wildman–Crippen MR) is 62.5 cm³/mol. The van der Waals surface area contributed by atoms with Crippen molar-refractivity contribution in [2.24, 2.45) is 5.41 Å². The van der Waals surface area contributed by atoms with Crippen molar-refractivity contribution in [3.63, 3.8) is 0 Å². The maximum atomic E-state index is 11.8. The van der Waals surface area contributed by atoms with Gasteiger partial charge in [0.15, 0.2) is 0 Å². The Morgan fingerprint density at radius 1 is 1.35 bits per heavy atom. The van der Waals surface area contributed by atoms with Crippen molar-refractivity contribution in [1.29, 1.82) is 0 Å². The molecule has 17 heavy (non-hydrogen) atoms. The molecule has 0 unspecified atom stereocenters. The van der Waals surface area contributed by atoms with E-state index in [0.29, 0.717) is 19.6 Å². The second-order valence-electron chi connectivity index (χ2n) is 5.49. The molecule has 5 heteroatoms. The molecule has 1 heterocycles. The van der Waals surface area contributed by atoms with Crippen LogP contribution in [-0.2, 0) is 14.3 Å². The Kier molecular flexibility index (Phi) is 4.37. The number of hydrogen-bond acceptors (Lipinski definition) is 4. The highest BCUT2D eigenvalue weighted by molar-refractivity contribution is 5.82. The van der Waals surface area contributed by atoms with Crippen LogP contribution < -0.4 is 0 Å². The first-order valence-electron chi connectivity index (χ1n) is 5.86. The van der Waals surface area contributed by atoms with Crippen LogP contribution in [-0.4, -0.2) is 43.3 Å². The number of likely N-dealkylation sites (tertiary alicyclic amines) is 1. The van der Waals surface area contributed by atoms with Crippen LogP contribution in [0.25, 0.3) is 0 Å². The summed E-state index contributed by atoms with van der Waals surface area (Å²) in [4.78, 5) is 24.7. The molecule has 1 rings (SSSR count). The van der Waals surface area contributed by atoms with Crippen molar-refractivity contribution in [1.82, 2.24) is 4.90 Å². The van der Waals surface area contributed by atoms with Gasteiger partial charge in [0.1, 0.15) is 6.04 Å². The highest BCUT2D eigenvalue weighted by atomic mass is 16.6. The van der Waals surface area contributed by atoms with Crippen molar-refractivity contribution in [3.8, 4) is 0 Å². The largest absolute Gasteiger partial charge is 0.467 e. The molecule has 1 aliphatic heterocycles. The Balaban J connectivity index is 2.53. The first-order valence-corrected chi connectivity index (χ1v) is 5.86. The third kappa shape index (κ3) is 3.91. The van der Waals surface area contributed by atoms with Gasteiger partial charge >= 0.3 is 12.1 Å². The van der Waals surface area contributed by atoms with E-state index in [1.165, 1.54) is 12.0 Å². The minimum absolute atomic E-state index is 0.0733. The van der Waals surface area contributed by atoms with Gasteiger partial charge in [0.05, 0.1) is 13.7 Å². The quantitative estimate of drug-likeness (QED) is 0.694. The van der Waals surface area contributed by atoms with Crippen LogP contribution in [0.3, 0.4) is 0 Å². The van der Waals surface area contributed by atoms with E-state index >= 15 is 0 Å². The average Bonchev–Trinajstić information content (AvgIpc) is 2.72. The number of ether oxygens (including phenoxy) is 2. The Morgan fingerprint density at radius 2 is 2.00 bits per heavy atom. The lowest BCUT2D eigenvalue weighted by atomic mass is 9.99. The summed E-state index contributed by atoms with van der Waals surface area (Å²) in [6.45, 7) is 6.87. The van der Waals surface area contributed by atoms with Gasteiger partial charge in [-0.25, -0.2) is 9.59 Å². The lowest BCUT2D eigenvalue weighted by Gasteiger charge is -2.24. The third-order valence-electron chi connectivity index (χ3n) is 2.59. The van der Waals surface area contributed by atoms with Crippen LogP contribution >= 0.6 is 0 Å².